The van der Waals surface area contributed by atoms with Crippen LogP contribution in [0.25, 0.3) is 0 Å². The van der Waals surface area contributed by atoms with Gasteiger partial charge in [-0.25, -0.2) is 4.39 Å². The Balaban J connectivity index is 1.33. The lowest BCUT2D eigenvalue weighted by Gasteiger charge is -2.37. The minimum atomic E-state index is -0.592. The first-order valence-electron chi connectivity index (χ1n) is 12.2. The second-order valence-corrected chi connectivity index (χ2v) is 9.94. The second-order valence-electron chi connectivity index (χ2n) is 9.50. The Morgan fingerprint density at radius 2 is 1.86 bits per heavy atom. The lowest BCUT2D eigenvalue weighted by molar-refractivity contribution is -0.135. The van der Waals surface area contributed by atoms with Crippen LogP contribution in [0.1, 0.15) is 41.6 Å². The zero-order valence-corrected chi connectivity index (χ0v) is 20.8. The molecule has 2 aromatic carbocycles. The van der Waals surface area contributed by atoms with Gasteiger partial charge >= 0.3 is 0 Å². The molecule has 0 spiro atoms. The molecule has 2 heterocycles. The van der Waals surface area contributed by atoms with Crippen LogP contribution in [-0.2, 0) is 11.2 Å². The van der Waals surface area contributed by atoms with Crippen LogP contribution in [0.5, 0.6) is 5.75 Å². The molecule has 2 aliphatic heterocycles. The van der Waals surface area contributed by atoms with Gasteiger partial charge in [-0.3, -0.25) is 9.59 Å². The van der Waals surface area contributed by atoms with Crippen LogP contribution in [0.2, 0.25) is 5.02 Å². The van der Waals surface area contributed by atoms with Crippen molar-refractivity contribution in [2.75, 3.05) is 32.8 Å². The van der Waals surface area contributed by atoms with Gasteiger partial charge < -0.3 is 20.3 Å². The molecule has 0 unspecified atom stereocenters. The zero-order chi connectivity index (χ0) is 25.5. The summed E-state index contributed by atoms with van der Waals surface area (Å²) in [6.07, 6.45) is 3.26. The highest BCUT2D eigenvalue weighted by atomic mass is 35.5. The van der Waals surface area contributed by atoms with E-state index in [0.29, 0.717) is 48.7 Å². The smallest absolute Gasteiger partial charge is 0.260 e. The van der Waals surface area contributed by atoms with Crippen LogP contribution < -0.4 is 15.4 Å². The quantitative estimate of drug-likeness (QED) is 0.589. The molecule has 9 heteroatoms. The van der Waals surface area contributed by atoms with E-state index in [2.05, 4.69) is 16.7 Å². The number of amides is 2. The fourth-order valence-corrected chi connectivity index (χ4v) is 4.94. The number of carbonyl (C=O) groups is 2. The molecule has 4 rings (SSSR count). The summed E-state index contributed by atoms with van der Waals surface area (Å²) in [4.78, 5) is 27.4. The average Bonchev–Trinajstić information content (AvgIpc) is 2.90. The Hall–Kier alpha value is -3.15. The first kappa shape index (κ1) is 25.9. The van der Waals surface area contributed by atoms with Crippen LogP contribution in [0.15, 0.2) is 42.5 Å². The van der Waals surface area contributed by atoms with E-state index < -0.39 is 5.41 Å². The molecule has 190 valence electrons. The number of hydrogen-bond acceptors (Lipinski definition) is 5. The van der Waals surface area contributed by atoms with Crippen molar-refractivity contribution in [3.63, 3.8) is 0 Å². The van der Waals surface area contributed by atoms with E-state index >= 15 is 0 Å². The largest absolute Gasteiger partial charge is 0.483 e. The van der Waals surface area contributed by atoms with Gasteiger partial charge in [0, 0.05) is 24.2 Å². The fourth-order valence-electron chi connectivity index (χ4n) is 4.77. The number of likely N-dealkylation sites (tertiary alicyclic amines) is 1. The van der Waals surface area contributed by atoms with Crippen LogP contribution in [-0.4, -0.2) is 55.5 Å². The summed E-state index contributed by atoms with van der Waals surface area (Å²) in [5.41, 5.74) is 0.611. The number of hydrogen-bond donors (Lipinski definition) is 2. The average molecular weight is 513 g/mol. The van der Waals surface area contributed by atoms with Gasteiger partial charge in [-0.05, 0) is 81.1 Å². The lowest BCUT2D eigenvalue weighted by atomic mass is 9.75. The van der Waals surface area contributed by atoms with Crippen molar-refractivity contribution >= 4 is 23.4 Å². The highest BCUT2D eigenvalue weighted by Gasteiger charge is 2.36. The standard InChI is InChI=1S/C27H30ClFN4O3/c28-20-3-6-24(23(15-20)26(35)32-22-7-11-31-12-8-22)36-17-25(34)33-13-9-27(18-30,10-14-33)16-19-1-4-21(29)5-2-19/h1-6,15,22,31H,7-14,16-17H2,(H,32,35). The number of halogens is 2. The molecule has 0 aromatic heterocycles. The minimum absolute atomic E-state index is 0.0795. The van der Waals surface area contributed by atoms with Gasteiger partial charge in [-0.2, -0.15) is 5.26 Å². The number of nitrogens with one attached hydrogen (secondary N) is 2. The first-order valence-corrected chi connectivity index (χ1v) is 12.6. The highest BCUT2D eigenvalue weighted by Crippen LogP contribution is 2.35. The number of piperidine rings is 2. The summed E-state index contributed by atoms with van der Waals surface area (Å²) in [6.45, 7) is 2.35. The molecule has 2 saturated heterocycles. The molecule has 0 saturated carbocycles. The molecular weight excluding hydrogens is 483 g/mol. The normalized spacial score (nSPS) is 17.8. The van der Waals surface area contributed by atoms with Crippen LogP contribution >= 0.6 is 11.6 Å². The van der Waals surface area contributed by atoms with E-state index in [-0.39, 0.29) is 30.3 Å². The van der Waals surface area contributed by atoms with Crippen LogP contribution in [0.3, 0.4) is 0 Å². The van der Waals surface area contributed by atoms with E-state index in [1.165, 1.54) is 12.1 Å². The van der Waals surface area contributed by atoms with Crippen LogP contribution in [0.4, 0.5) is 4.39 Å². The van der Waals surface area contributed by atoms with E-state index in [1.54, 1.807) is 35.2 Å². The first-order chi connectivity index (χ1) is 17.4. The molecule has 36 heavy (non-hydrogen) atoms. The van der Waals surface area contributed by atoms with E-state index in [1.807, 2.05) is 0 Å². The predicted octanol–water partition coefficient (Wildman–Crippen LogP) is 3.71. The van der Waals surface area contributed by atoms with Gasteiger partial charge in [-0.15, -0.1) is 0 Å². The molecule has 0 aliphatic carbocycles. The second kappa shape index (κ2) is 11.7. The van der Waals surface area contributed by atoms with Gasteiger partial charge in [0.25, 0.3) is 11.8 Å². The van der Waals surface area contributed by atoms with Crippen molar-refractivity contribution < 1.29 is 18.7 Å². The summed E-state index contributed by atoms with van der Waals surface area (Å²) in [6, 6.07) is 13.5. The topological polar surface area (TPSA) is 94.5 Å². The van der Waals surface area contributed by atoms with E-state index in [9.17, 15) is 19.2 Å². The number of benzene rings is 2. The molecule has 2 fully saturated rings. The lowest BCUT2D eigenvalue weighted by Crippen LogP contribution is -2.45. The van der Waals surface area contributed by atoms with Crippen molar-refractivity contribution in [1.82, 2.24) is 15.5 Å². The molecule has 7 nitrogen and oxygen atoms in total. The van der Waals surface area contributed by atoms with Crippen molar-refractivity contribution in [2.24, 2.45) is 5.41 Å². The maximum Gasteiger partial charge on any atom is 0.260 e. The Morgan fingerprint density at radius 1 is 1.17 bits per heavy atom. The molecular formula is C27H30ClFN4O3. The predicted molar refractivity (Wildman–Crippen MR) is 134 cm³/mol. The third-order valence-electron chi connectivity index (χ3n) is 6.98. The summed E-state index contributed by atoms with van der Waals surface area (Å²) in [7, 11) is 0. The van der Waals surface area contributed by atoms with Gasteiger partial charge in [0.15, 0.2) is 6.61 Å². The Bertz CT molecular complexity index is 1120. The van der Waals surface area contributed by atoms with E-state index in [4.69, 9.17) is 16.3 Å². The minimum Gasteiger partial charge on any atom is -0.483 e. The molecule has 2 aliphatic rings. The monoisotopic (exact) mass is 512 g/mol. The van der Waals surface area contributed by atoms with Crippen LogP contribution in [0, 0.1) is 22.6 Å². The van der Waals surface area contributed by atoms with Crippen molar-refractivity contribution in [3.05, 3.63) is 64.4 Å². The Morgan fingerprint density at radius 3 is 2.53 bits per heavy atom. The summed E-state index contributed by atoms with van der Waals surface area (Å²) >= 11 is 6.13. The van der Waals surface area contributed by atoms with Crippen molar-refractivity contribution in [2.45, 2.75) is 38.1 Å². The third kappa shape index (κ3) is 6.54. The van der Waals surface area contributed by atoms with Crippen molar-refractivity contribution in [3.8, 4) is 11.8 Å². The number of ether oxygens (including phenoxy) is 1. The SMILES string of the molecule is N#CC1(Cc2ccc(F)cc2)CCN(C(=O)COc2ccc(Cl)cc2C(=O)NC2CCNCC2)CC1. The number of rotatable bonds is 7. The summed E-state index contributed by atoms with van der Waals surface area (Å²) in [5, 5.41) is 16.6. The van der Waals surface area contributed by atoms with E-state index in [0.717, 1.165) is 31.5 Å². The highest BCUT2D eigenvalue weighted by molar-refractivity contribution is 6.31. The Labute approximate surface area is 215 Å². The van der Waals surface area contributed by atoms with Gasteiger partial charge in [0.2, 0.25) is 0 Å². The Kier molecular flexibility index (Phi) is 8.44. The fraction of sp³-hybridized carbons (Fsp3) is 0.444. The summed E-state index contributed by atoms with van der Waals surface area (Å²) in [5.74, 6) is -0.482. The molecule has 2 amide bonds. The maximum absolute atomic E-state index is 13.2. The number of carbonyl (C=O) groups excluding carboxylic acids is 2. The summed E-state index contributed by atoms with van der Waals surface area (Å²) < 4.78 is 19.0. The zero-order valence-electron chi connectivity index (χ0n) is 20.1. The van der Waals surface area contributed by atoms with Crippen molar-refractivity contribution in [1.29, 1.82) is 5.26 Å². The third-order valence-corrected chi connectivity index (χ3v) is 7.21. The number of nitriles is 1. The van der Waals surface area contributed by atoms with Gasteiger partial charge in [-0.1, -0.05) is 23.7 Å². The molecule has 2 N–H and O–H groups in total. The molecule has 0 bridgehead atoms. The maximum atomic E-state index is 13.2. The molecule has 0 atom stereocenters. The molecule has 0 radical (unpaired) electrons. The molecule has 2 aromatic rings. The number of nitrogens with zero attached hydrogens (tertiary/aromatic N) is 2. The van der Waals surface area contributed by atoms with Gasteiger partial charge in [0.1, 0.15) is 11.6 Å². The van der Waals surface area contributed by atoms with Gasteiger partial charge in [0.05, 0.1) is 17.0 Å².